The number of para-hydroxylation sites is 2. The molecule has 2 aliphatic heterocycles. The van der Waals surface area contributed by atoms with Gasteiger partial charge in [-0.25, -0.2) is 16.8 Å². The SMILES string of the molecule is CC(C)(C)S(=O)(=O)N[C@@]1(c2ccccc2)C(=O)N(Cc2c(Cl)cccc2Cl)c2ccccc21.CC(C)(C)S(=O)(=O)N[C@@]1(c2ccccc2)C(=O)N(Cc2c(Cl)cccc2Cl)c2ccccc21.ClCCl. The van der Waals surface area contributed by atoms with Crippen LogP contribution < -0.4 is 19.2 Å². The fourth-order valence-corrected chi connectivity index (χ4v) is 10.9. The van der Waals surface area contributed by atoms with Gasteiger partial charge in [0.2, 0.25) is 20.0 Å². The van der Waals surface area contributed by atoms with E-state index in [4.69, 9.17) is 69.6 Å². The Morgan fingerprint density at radius 1 is 0.449 bits per heavy atom. The van der Waals surface area contributed by atoms with E-state index >= 15 is 0 Å². The smallest absolute Gasteiger partial charge is 0.257 e. The van der Waals surface area contributed by atoms with Crippen molar-refractivity contribution < 1.29 is 26.4 Å². The minimum atomic E-state index is -3.93. The molecule has 0 radical (unpaired) electrons. The summed E-state index contributed by atoms with van der Waals surface area (Å²) in [6, 6.07) is 42.5. The van der Waals surface area contributed by atoms with Crippen LogP contribution in [0.2, 0.25) is 20.1 Å². The summed E-state index contributed by atoms with van der Waals surface area (Å²) in [5, 5.41) is 1.92. The molecule has 6 aromatic rings. The number of hydrogen-bond donors (Lipinski definition) is 2. The molecule has 18 heteroatoms. The summed E-state index contributed by atoms with van der Waals surface area (Å²) in [6.45, 7) is 9.78. The number of carbonyl (C=O) groups is 2. The predicted octanol–water partition coefficient (Wildman–Crippen LogP) is 12.4. The third-order valence-electron chi connectivity index (χ3n) is 11.7. The summed E-state index contributed by atoms with van der Waals surface area (Å²) in [6.07, 6.45) is 0. The Bertz CT molecular complexity index is 2830. The number of benzene rings is 6. The summed E-state index contributed by atoms with van der Waals surface area (Å²) >= 11 is 35.1. The van der Waals surface area contributed by atoms with Crippen molar-refractivity contribution in [1.82, 2.24) is 9.44 Å². The number of fused-ring (bicyclic) bond motifs is 2. The van der Waals surface area contributed by atoms with Crippen LogP contribution in [-0.2, 0) is 53.8 Å². The number of nitrogens with zero attached hydrogens (tertiary/aromatic N) is 2. The van der Waals surface area contributed by atoms with Gasteiger partial charge in [-0.1, -0.05) is 156 Å². The first-order valence-electron chi connectivity index (χ1n) is 21.4. The Hall–Kier alpha value is -4.18. The number of nitrogens with one attached hydrogen (secondary N) is 2. The van der Waals surface area contributed by atoms with Crippen LogP contribution >= 0.6 is 69.6 Å². The fraction of sp³-hybridized carbons (Fsp3) is 0.255. The third kappa shape index (κ3) is 10.6. The highest BCUT2D eigenvalue weighted by Crippen LogP contribution is 2.48. The Kier molecular flexibility index (Phi) is 16.7. The molecule has 0 aromatic heterocycles. The van der Waals surface area contributed by atoms with Crippen molar-refractivity contribution >= 4 is 113 Å². The van der Waals surface area contributed by atoms with Gasteiger partial charge in [-0.05, 0) is 89.1 Å². The maximum Gasteiger partial charge on any atom is 0.257 e. The molecule has 0 spiro atoms. The summed E-state index contributed by atoms with van der Waals surface area (Å²) < 4.78 is 56.9. The molecule has 0 unspecified atom stereocenters. The molecule has 6 aromatic carbocycles. The van der Waals surface area contributed by atoms with E-state index in [0.717, 1.165) is 0 Å². The minimum absolute atomic E-state index is 0.0974. The minimum Gasteiger partial charge on any atom is -0.305 e. The van der Waals surface area contributed by atoms with E-state index in [1.165, 1.54) is 0 Å². The van der Waals surface area contributed by atoms with Crippen LogP contribution in [0.4, 0.5) is 11.4 Å². The van der Waals surface area contributed by atoms with Crippen molar-refractivity contribution in [3.05, 3.63) is 199 Å². The van der Waals surface area contributed by atoms with Gasteiger partial charge in [0.05, 0.1) is 39.3 Å². The fourth-order valence-electron chi connectivity index (χ4n) is 7.86. The number of hydrogen-bond acceptors (Lipinski definition) is 6. The highest BCUT2D eigenvalue weighted by molar-refractivity contribution is 7.91. The van der Waals surface area contributed by atoms with Gasteiger partial charge in [0, 0.05) is 42.3 Å². The number of carbonyl (C=O) groups excluding carboxylic acids is 2. The van der Waals surface area contributed by atoms with Crippen LogP contribution in [0.5, 0.6) is 0 Å². The lowest BCUT2D eigenvalue weighted by molar-refractivity contribution is -0.123. The molecule has 0 aliphatic carbocycles. The van der Waals surface area contributed by atoms with E-state index in [0.29, 0.717) is 64.8 Å². The first kappa shape index (κ1) is 54.2. The van der Waals surface area contributed by atoms with Gasteiger partial charge in [-0.2, -0.15) is 9.44 Å². The lowest BCUT2D eigenvalue weighted by Crippen LogP contribution is -2.57. The monoisotopic (exact) mass is 1090 g/mol. The molecule has 0 fully saturated rings. The second kappa shape index (κ2) is 21.3. The lowest BCUT2D eigenvalue weighted by Gasteiger charge is -2.33. The summed E-state index contributed by atoms with van der Waals surface area (Å²) in [5.74, 6) is -0.836. The maximum atomic E-state index is 14.2. The van der Waals surface area contributed by atoms with Crippen molar-refractivity contribution in [1.29, 1.82) is 0 Å². The number of halogens is 6. The van der Waals surface area contributed by atoms with Crippen molar-refractivity contribution in [3.8, 4) is 0 Å². The van der Waals surface area contributed by atoms with E-state index in [-0.39, 0.29) is 18.4 Å². The van der Waals surface area contributed by atoms with Crippen LogP contribution in [0.3, 0.4) is 0 Å². The van der Waals surface area contributed by atoms with Gasteiger partial charge >= 0.3 is 0 Å². The maximum absolute atomic E-state index is 14.2. The first-order valence-corrected chi connectivity index (χ1v) is 26.9. The van der Waals surface area contributed by atoms with E-state index < -0.39 is 52.4 Å². The molecule has 10 nitrogen and oxygen atoms in total. The zero-order valence-electron chi connectivity index (χ0n) is 38.4. The second-order valence-electron chi connectivity index (χ2n) is 18.0. The first-order chi connectivity index (χ1) is 32.4. The van der Waals surface area contributed by atoms with Crippen LogP contribution in [0.1, 0.15) is 74.9 Å². The molecule has 8 rings (SSSR count). The average Bonchev–Trinajstić information content (AvgIpc) is 3.67. The molecule has 2 aliphatic rings. The molecule has 2 N–H and O–H groups in total. The van der Waals surface area contributed by atoms with Crippen LogP contribution in [-0.4, -0.2) is 43.5 Å². The van der Waals surface area contributed by atoms with Gasteiger partial charge in [-0.3, -0.25) is 9.59 Å². The van der Waals surface area contributed by atoms with Gasteiger partial charge < -0.3 is 9.80 Å². The molecule has 2 heterocycles. The Morgan fingerprint density at radius 3 is 1.01 bits per heavy atom. The molecule has 2 amide bonds. The van der Waals surface area contributed by atoms with Crippen LogP contribution in [0.25, 0.3) is 0 Å². The molecule has 2 atom stereocenters. The molecular formula is C51H50Cl6N4O6S2. The zero-order valence-corrected chi connectivity index (χ0v) is 44.6. The number of sulfonamides is 2. The van der Waals surface area contributed by atoms with E-state index in [9.17, 15) is 26.4 Å². The Balaban J connectivity index is 0.000000215. The van der Waals surface area contributed by atoms with E-state index in [2.05, 4.69) is 9.44 Å². The number of alkyl halides is 2. The van der Waals surface area contributed by atoms with Gasteiger partial charge in [-0.15, -0.1) is 23.2 Å². The zero-order chi connectivity index (χ0) is 50.7. The quantitative estimate of drug-likeness (QED) is 0.131. The third-order valence-corrected chi connectivity index (χ3v) is 17.5. The van der Waals surface area contributed by atoms with Crippen LogP contribution in [0, 0.1) is 0 Å². The van der Waals surface area contributed by atoms with Crippen LogP contribution in [0.15, 0.2) is 146 Å². The van der Waals surface area contributed by atoms with E-state index in [1.54, 1.807) is 173 Å². The molecule has 0 bridgehead atoms. The van der Waals surface area contributed by atoms with E-state index in [1.807, 2.05) is 24.3 Å². The van der Waals surface area contributed by atoms with Crippen molar-refractivity contribution in [2.24, 2.45) is 0 Å². The lowest BCUT2D eigenvalue weighted by atomic mass is 9.85. The molecule has 364 valence electrons. The standard InChI is InChI=1S/2C25H24Cl2N2O3S.CH2Cl2/c2*1-24(2,3)33(31,32)28-25(17-10-5-4-6-11-17)19-12-7-8-15-22(19)29(23(25)30)16-18-20(26)13-9-14-21(18)27;2-1-3/h2*4-15,28H,16H2,1-3H3;1H2/t2*25-;/m11./s1. The second-order valence-corrected chi connectivity index (χ2v) is 25.3. The summed E-state index contributed by atoms with van der Waals surface area (Å²) in [7, 11) is -7.85. The number of rotatable bonds is 10. The molecular weight excluding hydrogens is 1040 g/mol. The van der Waals surface area contributed by atoms with Gasteiger partial charge in [0.1, 0.15) is 0 Å². The number of amides is 2. The normalized spacial score (nSPS) is 17.9. The highest BCUT2D eigenvalue weighted by atomic mass is 35.5. The average molecular weight is 1090 g/mol. The molecule has 0 saturated heterocycles. The van der Waals surface area contributed by atoms with Crippen molar-refractivity contribution in [2.75, 3.05) is 15.1 Å². The number of anilines is 2. The van der Waals surface area contributed by atoms with Crippen molar-refractivity contribution in [3.63, 3.8) is 0 Å². The topological polar surface area (TPSA) is 133 Å². The van der Waals surface area contributed by atoms with Gasteiger partial charge in [0.15, 0.2) is 11.1 Å². The molecule has 0 saturated carbocycles. The summed E-state index contributed by atoms with van der Waals surface area (Å²) in [5.41, 5.74) is 1.28. The Labute approximate surface area is 434 Å². The Morgan fingerprint density at radius 2 is 0.725 bits per heavy atom. The molecule has 69 heavy (non-hydrogen) atoms. The predicted molar refractivity (Wildman–Crippen MR) is 283 cm³/mol. The van der Waals surface area contributed by atoms with Crippen molar-refractivity contribution in [2.45, 2.75) is 75.2 Å². The summed E-state index contributed by atoms with van der Waals surface area (Å²) in [4.78, 5) is 31.5. The van der Waals surface area contributed by atoms with Gasteiger partial charge in [0.25, 0.3) is 11.8 Å². The highest BCUT2D eigenvalue weighted by Gasteiger charge is 2.57. The largest absolute Gasteiger partial charge is 0.305 e.